The van der Waals surface area contributed by atoms with Crippen LogP contribution in [0.2, 0.25) is 0 Å². The molecule has 8 N–H and O–H groups in total. The third-order valence-corrected chi connectivity index (χ3v) is 12.0. The van der Waals surface area contributed by atoms with E-state index < -0.39 is 89.6 Å². The number of esters is 2. The van der Waals surface area contributed by atoms with Gasteiger partial charge in [0.05, 0.1) is 12.7 Å². The highest BCUT2D eigenvalue weighted by molar-refractivity contribution is 7.47. The third-order valence-electron chi connectivity index (χ3n) is 10.5. The van der Waals surface area contributed by atoms with Gasteiger partial charge in [0, 0.05) is 12.8 Å². The zero-order chi connectivity index (χ0) is 50.5. The van der Waals surface area contributed by atoms with Gasteiger partial charge >= 0.3 is 27.6 Å². The second-order valence-electron chi connectivity index (χ2n) is 16.7. The molecule has 19 heteroatoms. The molecule has 0 radical (unpaired) electrons. The van der Waals surface area contributed by atoms with Gasteiger partial charge in [-0.15, -0.1) is 0 Å². The number of carbonyl (C=O) groups excluding carboxylic acids is 2. The van der Waals surface area contributed by atoms with Crippen molar-refractivity contribution in [1.29, 1.82) is 0 Å². The zero-order valence-electron chi connectivity index (χ0n) is 40.1. The smallest absolute Gasteiger partial charge is 0.462 e. The fourth-order valence-corrected chi connectivity index (χ4v) is 8.23. The first-order chi connectivity index (χ1) is 32.5. The molecule has 0 saturated heterocycles. The Balaban J connectivity index is 2.67. The first-order valence-corrected chi connectivity index (χ1v) is 27.3. The van der Waals surface area contributed by atoms with Gasteiger partial charge in [-0.25, -0.2) is 9.13 Å². The number of aliphatic hydroxyl groups excluding tert-OH is 5. The summed E-state index contributed by atoms with van der Waals surface area (Å²) in [5.74, 6) is -1.35. The fourth-order valence-electron chi connectivity index (χ4n) is 6.69. The van der Waals surface area contributed by atoms with Crippen molar-refractivity contribution in [1.82, 2.24) is 0 Å². The number of allylic oxidation sites excluding steroid dienone is 12. The highest BCUT2D eigenvalue weighted by Crippen LogP contribution is 2.49. The Bertz CT molecular complexity index is 1650. The molecule has 9 atom stereocenters. The van der Waals surface area contributed by atoms with E-state index in [-0.39, 0.29) is 12.8 Å². The zero-order valence-corrected chi connectivity index (χ0v) is 41.9. The van der Waals surface area contributed by atoms with Crippen LogP contribution in [0.5, 0.6) is 0 Å². The van der Waals surface area contributed by atoms with E-state index in [1.807, 2.05) is 36.5 Å². The molecule has 0 amide bonds. The van der Waals surface area contributed by atoms with Crippen LogP contribution < -0.4 is 0 Å². The van der Waals surface area contributed by atoms with Crippen LogP contribution in [0.15, 0.2) is 85.1 Å². The predicted molar refractivity (Wildman–Crippen MR) is 261 cm³/mol. The first-order valence-electron chi connectivity index (χ1n) is 24.2. The fraction of sp³-hybridized carbons (Fsp3) is 0.673. The lowest BCUT2D eigenvalue weighted by Crippen LogP contribution is -2.64. The topological polar surface area (TPSA) is 276 Å². The van der Waals surface area contributed by atoms with Crippen molar-refractivity contribution in [2.75, 3.05) is 13.2 Å². The third kappa shape index (κ3) is 32.9. The normalized spacial score (nSPS) is 22.4. The minimum atomic E-state index is -5.38. The van der Waals surface area contributed by atoms with Gasteiger partial charge < -0.3 is 49.7 Å². The summed E-state index contributed by atoms with van der Waals surface area (Å²) in [4.78, 5) is 54.3. The molecule has 5 unspecified atom stereocenters. The number of phosphoric ester groups is 2. The number of rotatable bonds is 39. The summed E-state index contributed by atoms with van der Waals surface area (Å²) in [5.41, 5.74) is 0. The Morgan fingerprint density at radius 1 is 0.544 bits per heavy atom. The molecule has 1 fully saturated rings. The molecular formula is C49H82O17P2. The van der Waals surface area contributed by atoms with Crippen LogP contribution in [-0.2, 0) is 41.8 Å². The molecule has 0 aliphatic heterocycles. The predicted octanol–water partition coefficient (Wildman–Crippen LogP) is 8.36. The standard InChI is InChI=1S/C49H82O17P2/c1-3-5-7-9-11-12-13-14-15-16-17-18-19-20-24-29-33-37-43(52)64-41(39-63-68(60,61)66-49-46(55)44(53)45(54)48(47(49)56)65-67(57,58)59)38-62-42(51)36-32-28-25-21-23-27-31-35-40(50)34-30-26-22-10-8-6-4-2/h11-12,14-15,17-18,21-22,25-27,30-31,34,40-41,44-50,53-56H,3-10,13,16,19-20,23-24,28-29,32-33,35-39H2,1-2H3,(H,60,61)(H2,57,58,59)/b12-11-,15-14-,18-17-,25-21+,26-22-,31-27-,34-30-/t40-,41-,44?,45?,46?,47?,48-,49+/m1/s1. The maximum atomic E-state index is 13.0. The van der Waals surface area contributed by atoms with Crippen molar-refractivity contribution in [3.8, 4) is 0 Å². The van der Waals surface area contributed by atoms with E-state index in [1.165, 1.54) is 32.1 Å². The van der Waals surface area contributed by atoms with Crippen molar-refractivity contribution in [3.63, 3.8) is 0 Å². The summed E-state index contributed by atoms with van der Waals surface area (Å²) in [5, 5.41) is 51.3. The highest BCUT2D eigenvalue weighted by atomic mass is 31.2. The summed E-state index contributed by atoms with van der Waals surface area (Å²) in [6, 6.07) is 0. The van der Waals surface area contributed by atoms with Crippen LogP contribution in [-0.4, -0.2) is 114 Å². The maximum absolute atomic E-state index is 13.0. The SMILES string of the molecule is CCCCC/C=C\C=C/[C@@H](O)C/C=C\C/C=C/CCCC(=O)OC[C@H](COP(=O)(O)O[C@H]1C(O)C(O)C(O)[C@@H](OP(=O)(O)O)C1O)OC(=O)CCCCCC/C=C\C/C=C\C/C=C\CCCCC. The molecule has 0 aromatic heterocycles. The second kappa shape index (κ2) is 38.8. The van der Waals surface area contributed by atoms with Crippen molar-refractivity contribution < 1.29 is 82.0 Å². The largest absolute Gasteiger partial charge is 0.472 e. The summed E-state index contributed by atoms with van der Waals surface area (Å²) in [6.45, 7) is 2.91. The number of ether oxygens (including phenoxy) is 2. The van der Waals surface area contributed by atoms with E-state index >= 15 is 0 Å². The van der Waals surface area contributed by atoms with Crippen LogP contribution in [0.3, 0.4) is 0 Å². The minimum Gasteiger partial charge on any atom is -0.462 e. The van der Waals surface area contributed by atoms with Crippen LogP contribution in [0.1, 0.15) is 149 Å². The summed E-state index contributed by atoms with van der Waals surface area (Å²) < 4.78 is 49.3. The van der Waals surface area contributed by atoms with Crippen molar-refractivity contribution in [2.45, 2.75) is 198 Å². The van der Waals surface area contributed by atoms with Crippen molar-refractivity contribution >= 4 is 27.6 Å². The molecule has 0 bridgehead atoms. The van der Waals surface area contributed by atoms with Crippen LogP contribution >= 0.6 is 15.6 Å². The summed E-state index contributed by atoms with van der Waals surface area (Å²) in [6.07, 6.45) is 29.9. The van der Waals surface area contributed by atoms with E-state index in [2.05, 4.69) is 60.9 Å². The number of hydrogen-bond acceptors (Lipinski definition) is 14. The molecule has 1 aliphatic rings. The molecule has 390 valence electrons. The molecule has 0 heterocycles. The number of hydrogen-bond donors (Lipinski definition) is 8. The minimum absolute atomic E-state index is 0.00110. The number of carbonyl (C=O) groups is 2. The van der Waals surface area contributed by atoms with Crippen LogP contribution in [0.25, 0.3) is 0 Å². The molecule has 1 saturated carbocycles. The van der Waals surface area contributed by atoms with Crippen LogP contribution in [0.4, 0.5) is 0 Å². The van der Waals surface area contributed by atoms with Gasteiger partial charge in [0.25, 0.3) is 0 Å². The second-order valence-corrected chi connectivity index (χ2v) is 19.3. The first kappa shape index (κ1) is 63.2. The molecule has 0 spiro atoms. The molecule has 0 aromatic rings. The van der Waals surface area contributed by atoms with Gasteiger partial charge in [-0.2, -0.15) is 0 Å². The van der Waals surface area contributed by atoms with Crippen molar-refractivity contribution in [3.05, 3.63) is 85.1 Å². The number of unbranched alkanes of at least 4 members (excludes halogenated alkanes) is 11. The lowest BCUT2D eigenvalue weighted by molar-refractivity contribution is -0.216. The van der Waals surface area contributed by atoms with Gasteiger partial charge in [-0.05, 0) is 83.5 Å². The summed E-state index contributed by atoms with van der Waals surface area (Å²) in [7, 11) is -10.7. The number of aliphatic hydroxyl groups is 5. The highest BCUT2D eigenvalue weighted by Gasteiger charge is 2.54. The van der Waals surface area contributed by atoms with E-state index in [1.54, 1.807) is 6.08 Å². The maximum Gasteiger partial charge on any atom is 0.472 e. The van der Waals surface area contributed by atoms with Gasteiger partial charge in [0.2, 0.25) is 0 Å². The Morgan fingerprint density at radius 2 is 1.04 bits per heavy atom. The molecule has 1 aliphatic carbocycles. The quantitative estimate of drug-likeness (QED) is 0.00944. The molecular weight excluding hydrogens is 922 g/mol. The monoisotopic (exact) mass is 1000 g/mol. The van der Waals surface area contributed by atoms with Crippen LogP contribution in [0, 0.1) is 0 Å². The Kier molecular flexibility index (Phi) is 36.1. The molecule has 17 nitrogen and oxygen atoms in total. The Hall–Kier alpha value is -2.86. The molecule has 1 rings (SSSR count). The average Bonchev–Trinajstić information content (AvgIpc) is 3.29. The van der Waals surface area contributed by atoms with Gasteiger partial charge in [0.1, 0.15) is 43.2 Å². The molecule has 0 aromatic carbocycles. The molecule has 68 heavy (non-hydrogen) atoms. The number of phosphoric acid groups is 2. The van der Waals surface area contributed by atoms with Gasteiger partial charge in [-0.1, -0.05) is 137 Å². The van der Waals surface area contributed by atoms with Crippen molar-refractivity contribution in [2.24, 2.45) is 0 Å². The van der Waals surface area contributed by atoms with Gasteiger partial charge in [-0.3, -0.25) is 23.2 Å². The van der Waals surface area contributed by atoms with Gasteiger partial charge in [0.15, 0.2) is 6.10 Å². The lowest BCUT2D eigenvalue weighted by Gasteiger charge is -2.43. The Labute approximate surface area is 404 Å². The van der Waals surface area contributed by atoms with E-state index in [9.17, 15) is 58.9 Å². The van der Waals surface area contributed by atoms with E-state index in [4.69, 9.17) is 18.5 Å². The summed E-state index contributed by atoms with van der Waals surface area (Å²) >= 11 is 0. The Morgan fingerprint density at radius 3 is 1.63 bits per heavy atom. The van der Waals surface area contributed by atoms with E-state index in [0.717, 1.165) is 57.8 Å². The van der Waals surface area contributed by atoms with E-state index in [0.29, 0.717) is 32.1 Å². The lowest BCUT2D eigenvalue weighted by atomic mass is 9.85. The average molecular weight is 1010 g/mol.